The Kier molecular flexibility index (Phi) is 6.01. The molecule has 0 aliphatic rings. The Morgan fingerprint density at radius 3 is 2.57 bits per heavy atom. The number of rotatable bonds is 6. The van der Waals surface area contributed by atoms with Gasteiger partial charge in [-0.15, -0.1) is 0 Å². The molecule has 0 spiro atoms. The Labute approximate surface area is 136 Å². The van der Waals surface area contributed by atoms with Gasteiger partial charge in [0.05, 0.1) is 0 Å². The van der Waals surface area contributed by atoms with Gasteiger partial charge in [0.2, 0.25) is 0 Å². The Balaban J connectivity index is 2.28. The monoisotopic (exact) mass is 345 g/mol. The maximum absolute atomic E-state index is 3.70. The van der Waals surface area contributed by atoms with Gasteiger partial charge in [-0.1, -0.05) is 64.8 Å². The van der Waals surface area contributed by atoms with Crippen LogP contribution in [-0.2, 0) is 6.42 Å². The third-order valence-corrected chi connectivity index (χ3v) is 4.57. The molecule has 0 saturated carbocycles. The van der Waals surface area contributed by atoms with E-state index in [1.165, 1.54) is 26.7 Å². The summed E-state index contributed by atoms with van der Waals surface area (Å²) in [5, 5.41) is 3.69. The maximum atomic E-state index is 3.70. The van der Waals surface area contributed by atoms with E-state index in [4.69, 9.17) is 0 Å². The topological polar surface area (TPSA) is 12.0 Å². The molecule has 0 aliphatic carbocycles. The molecule has 1 unspecified atom stereocenters. The Morgan fingerprint density at radius 1 is 1.10 bits per heavy atom. The molecule has 0 aromatic heterocycles. The quantitative estimate of drug-likeness (QED) is 0.743. The minimum absolute atomic E-state index is 0.348. The highest BCUT2D eigenvalue weighted by Gasteiger charge is 2.15. The van der Waals surface area contributed by atoms with Crippen LogP contribution in [0.4, 0.5) is 0 Å². The zero-order valence-corrected chi connectivity index (χ0v) is 14.7. The second-order valence-corrected chi connectivity index (χ2v) is 6.52. The zero-order chi connectivity index (χ0) is 15.2. The van der Waals surface area contributed by atoms with Crippen molar-refractivity contribution in [3.63, 3.8) is 0 Å². The first-order chi connectivity index (χ1) is 10.1. The van der Waals surface area contributed by atoms with Gasteiger partial charge in [-0.2, -0.15) is 0 Å². The zero-order valence-electron chi connectivity index (χ0n) is 13.1. The number of aryl methyl sites for hydroxylation is 2. The summed E-state index contributed by atoms with van der Waals surface area (Å²) in [6.45, 7) is 7.61. The summed E-state index contributed by atoms with van der Waals surface area (Å²) in [5.41, 5.74) is 5.47. The summed E-state index contributed by atoms with van der Waals surface area (Å²) in [6.07, 6.45) is 2.17. The molecule has 2 aromatic carbocycles. The summed E-state index contributed by atoms with van der Waals surface area (Å²) >= 11 is 3.70. The van der Waals surface area contributed by atoms with Crippen LogP contribution in [0.5, 0.6) is 0 Å². The molecule has 2 rings (SSSR count). The van der Waals surface area contributed by atoms with Gasteiger partial charge < -0.3 is 5.32 Å². The van der Waals surface area contributed by atoms with Gasteiger partial charge in [0.15, 0.2) is 0 Å². The number of hydrogen-bond acceptors (Lipinski definition) is 1. The summed E-state index contributed by atoms with van der Waals surface area (Å²) in [4.78, 5) is 0. The lowest BCUT2D eigenvalue weighted by Crippen LogP contribution is -2.24. The average Bonchev–Trinajstić information content (AvgIpc) is 2.48. The van der Waals surface area contributed by atoms with E-state index in [0.29, 0.717) is 6.04 Å². The van der Waals surface area contributed by atoms with Crippen LogP contribution >= 0.6 is 15.9 Å². The van der Waals surface area contributed by atoms with Crippen molar-refractivity contribution in [3.05, 3.63) is 69.2 Å². The lowest BCUT2D eigenvalue weighted by atomic mass is 9.95. The van der Waals surface area contributed by atoms with Gasteiger partial charge in [-0.25, -0.2) is 0 Å². The van der Waals surface area contributed by atoms with Gasteiger partial charge >= 0.3 is 0 Å². The number of nitrogens with one attached hydrogen (secondary N) is 1. The summed E-state index contributed by atoms with van der Waals surface area (Å²) < 4.78 is 1.18. The van der Waals surface area contributed by atoms with Crippen LogP contribution in [0, 0.1) is 13.8 Å². The minimum atomic E-state index is 0.348. The van der Waals surface area contributed by atoms with Crippen LogP contribution in [0.25, 0.3) is 0 Å². The fraction of sp³-hybridized carbons (Fsp3) is 0.368. The van der Waals surface area contributed by atoms with Crippen LogP contribution in [0.2, 0.25) is 0 Å². The van der Waals surface area contributed by atoms with Crippen molar-refractivity contribution < 1.29 is 0 Å². The third kappa shape index (κ3) is 4.42. The van der Waals surface area contributed by atoms with E-state index >= 15 is 0 Å². The average molecular weight is 346 g/mol. The van der Waals surface area contributed by atoms with Crippen molar-refractivity contribution in [1.29, 1.82) is 0 Å². The second-order valence-electron chi connectivity index (χ2n) is 5.66. The van der Waals surface area contributed by atoms with E-state index in [2.05, 4.69) is 84.5 Å². The Morgan fingerprint density at radius 2 is 1.86 bits per heavy atom. The van der Waals surface area contributed by atoms with E-state index in [-0.39, 0.29) is 0 Å². The highest BCUT2D eigenvalue weighted by Crippen LogP contribution is 2.27. The van der Waals surface area contributed by atoms with Crippen molar-refractivity contribution >= 4 is 15.9 Å². The molecule has 0 saturated heterocycles. The lowest BCUT2D eigenvalue weighted by Gasteiger charge is -2.21. The molecule has 2 heteroatoms. The molecule has 21 heavy (non-hydrogen) atoms. The number of hydrogen-bond donors (Lipinski definition) is 1. The minimum Gasteiger partial charge on any atom is -0.310 e. The number of benzene rings is 2. The highest BCUT2D eigenvalue weighted by atomic mass is 79.9. The highest BCUT2D eigenvalue weighted by molar-refractivity contribution is 9.10. The Bertz CT molecular complexity index is 592. The van der Waals surface area contributed by atoms with Crippen molar-refractivity contribution in [2.75, 3.05) is 6.54 Å². The molecular weight excluding hydrogens is 322 g/mol. The molecule has 1 N–H and O–H groups in total. The molecule has 2 aromatic rings. The van der Waals surface area contributed by atoms with Gasteiger partial charge in [0, 0.05) is 10.5 Å². The van der Waals surface area contributed by atoms with Gasteiger partial charge in [-0.05, 0) is 56.0 Å². The second kappa shape index (κ2) is 7.77. The normalized spacial score (nSPS) is 12.4. The predicted molar refractivity (Wildman–Crippen MR) is 94.8 cm³/mol. The fourth-order valence-electron chi connectivity index (χ4n) is 2.61. The van der Waals surface area contributed by atoms with Gasteiger partial charge in [0.25, 0.3) is 0 Å². The van der Waals surface area contributed by atoms with E-state index < -0.39 is 0 Å². The van der Waals surface area contributed by atoms with Gasteiger partial charge in [0.1, 0.15) is 0 Å². The van der Waals surface area contributed by atoms with E-state index in [0.717, 1.165) is 19.4 Å². The summed E-state index contributed by atoms with van der Waals surface area (Å²) in [7, 11) is 0. The fourth-order valence-corrected chi connectivity index (χ4v) is 3.17. The first kappa shape index (κ1) is 16.3. The molecule has 0 amide bonds. The van der Waals surface area contributed by atoms with E-state index in [1.54, 1.807) is 0 Å². The molecule has 0 heterocycles. The van der Waals surface area contributed by atoms with E-state index in [9.17, 15) is 0 Å². The smallest absolute Gasteiger partial charge is 0.0372 e. The van der Waals surface area contributed by atoms with Crippen LogP contribution in [-0.4, -0.2) is 6.54 Å². The third-order valence-electron chi connectivity index (χ3n) is 3.85. The van der Waals surface area contributed by atoms with Crippen molar-refractivity contribution in [2.45, 2.75) is 39.7 Å². The van der Waals surface area contributed by atoms with Crippen molar-refractivity contribution in [1.82, 2.24) is 5.32 Å². The summed E-state index contributed by atoms with van der Waals surface area (Å²) in [6, 6.07) is 15.6. The van der Waals surface area contributed by atoms with Crippen molar-refractivity contribution in [3.8, 4) is 0 Å². The maximum Gasteiger partial charge on any atom is 0.0372 e. The molecule has 1 nitrogen and oxygen atoms in total. The van der Waals surface area contributed by atoms with Crippen molar-refractivity contribution in [2.24, 2.45) is 0 Å². The van der Waals surface area contributed by atoms with Crippen LogP contribution < -0.4 is 5.32 Å². The number of halogens is 1. The first-order valence-electron chi connectivity index (χ1n) is 7.65. The predicted octanol–water partition coefficient (Wildman–Crippen LogP) is 5.35. The standard InChI is InChI=1S/C19H24BrN/c1-4-11-21-19(17-7-5-6-8-18(17)20)13-16-12-14(2)9-10-15(16)3/h5-10,12,19,21H,4,11,13H2,1-3H3. The molecule has 112 valence electrons. The largest absolute Gasteiger partial charge is 0.310 e. The molecule has 1 atom stereocenters. The van der Waals surface area contributed by atoms with Crippen LogP contribution in [0.1, 0.15) is 41.6 Å². The molecule has 0 radical (unpaired) electrons. The molecular formula is C19H24BrN. The van der Waals surface area contributed by atoms with Crippen LogP contribution in [0.3, 0.4) is 0 Å². The molecule has 0 bridgehead atoms. The first-order valence-corrected chi connectivity index (χ1v) is 8.45. The lowest BCUT2D eigenvalue weighted by molar-refractivity contribution is 0.526. The van der Waals surface area contributed by atoms with Gasteiger partial charge in [-0.3, -0.25) is 0 Å². The van der Waals surface area contributed by atoms with E-state index in [1.807, 2.05) is 0 Å². The van der Waals surface area contributed by atoms with Crippen LogP contribution in [0.15, 0.2) is 46.9 Å². The SMILES string of the molecule is CCCNC(Cc1cc(C)ccc1C)c1ccccc1Br. The molecule has 0 aliphatic heterocycles. The molecule has 0 fully saturated rings. The summed E-state index contributed by atoms with van der Waals surface area (Å²) in [5.74, 6) is 0. The Hall–Kier alpha value is -1.12.